The first-order valence-corrected chi connectivity index (χ1v) is 7.39. The van der Waals surface area contributed by atoms with Gasteiger partial charge in [-0.05, 0) is 43.4 Å². The summed E-state index contributed by atoms with van der Waals surface area (Å²) in [6.07, 6.45) is 7.74. The summed E-state index contributed by atoms with van der Waals surface area (Å²) in [6, 6.07) is 9.32. The van der Waals surface area contributed by atoms with Gasteiger partial charge in [0.2, 0.25) is 5.91 Å². The number of likely N-dealkylation sites (tertiary alicyclic amines) is 1. The Hall–Kier alpha value is -2.12. The Morgan fingerprint density at radius 1 is 1.29 bits per heavy atom. The fourth-order valence-electron chi connectivity index (χ4n) is 2.45. The van der Waals surface area contributed by atoms with Gasteiger partial charge in [-0.1, -0.05) is 24.3 Å². The molecule has 1 heterocycles. The van der Waals surface area contributed by atoms with Crippen molar-refractivity contribution in [3.05, 3.63) is 47.5 Å². The minimum Gasteiger partial charge on any atom is -0.338 e. The molecule has 1 atom stereocenters. The second-order valence-corrected chi connectivity index (χ2v) is 5.37. The average molecular weight is 283 g/mol. The molecule has 2 N–H and O–H groups in total. The van der Waals surface area contributed by atoms with Crippen molar-refractivity contribution >= 4 is 5.91 Å². The summed E-state index contributed by atoms with van der Waals surface area (Å²) >= 11 is 0. The molecule has 0 spiro atoms. The predicted molar refractivity (Wildman–Crippen MR) is 82.4 cm³/mol. The number of hydrogen-bond acceptors (Lipinski definition) is 3. The molecule has 0 aliphatic carbocycles. The number of rotatable bonds is 4. The molecule has 2 rings (SSSR count). The van der Waals surface area contributed by atoms with Crippen molar-refractivity contribution in [3.63, 3.8) is 0 Å². The second kappa shape index (κ2) is 7.61. The van der Waals surface area contributed by atoms with Gasteiger partial charge in [0.15, 0.2) is 0 Å². The Bertz CT molecular complexity index is 542. The SMILES string of the molecule is N#Cc1ccc(C/C=C/CN2CCCC[C@H](N)C2=O)cc1. The van der Waals surface area contributed by atoms with Gasteiger partial charge in [-0.2, -0.15) is 5.26 Å². The van der Waals surface area contributed by atoms with Gasteiger partial charge in [0.05, 0.1) is 17.7 Å². The van der Waals surface area contributed by atoms with Gasteiger partial charge in [-0.25, -0.2) is 0 Å². The van der Waals surface area contributed by atoms with Gasteiger partial charge in [0.25, 0.3) is 0 Å². The Balaban J connectivity index is 1.84. The van der Waals surface area contributed by atoms with Crippen LogP contribution >= 0.6 is 0 Å². The number of nitrogens with zero attached hydrogens (tertiary/aromatic N) is 2. The fourth-order valence-corrected chi connectivity index (χ4v) is 2.45. The summed E-state index contributed by atoms with van der Waals surface area (Å²) in [7, 11) is 0. The molecule has 110 valence electrons. The van der Waals surface area contributed by atoms with E-state index >= 15 is 0 Å². The van der Waals surface area contributed by atoms with Crippen molar-refractivity contribution in [2.45, 2.75) is 31.7 Å². The predicted octanol–water partition coefficient (Wildman–Crippen LogP) is 2.00. The minimum atomic E-state index is -0.334. The van der Waals surface area contributed by atoms with Crippen LogP contribution in [0.4, 0.5) is 0 Å². The normalized spacial score (nSPS) is 19.5. The van der Waals surface area contributed by atoms with Gasteiger partial charge >= 0.3 is 0 Å². The van der Waals surface area contributed by atoms with Crippen molar-refractivity contribution in [2.75, 3.05) is 13.1 Å². The Morgan fingerprint density at radius 3 is 2.76 bits per heavy atom. The van der Waals surface area contributed by atoms with Crippen LogP contribution in [0.25, 0.3) is 0 Å². The van der Waals surface area contributed by atoms with Crippen LogP contribution in [0, 0.1) is 11.3 Å². The first-order valence-electron chi connectivity index (χ1n) is 7.39. The van der Waals surface area contributed by atoms with Gasteiger partial charge in [-0.15, -0.1) is 0 Å². The van der Waals surface area contributed by atoms with E-state index in [0.29, 0.717) is 12.1 Å². The molecular weight excluding hydrogens is 262 g/mol. The molecule has 1 fully saturated rings. The second-order valence-electron chi connectivity index (χ2n) is 5.37. The van der Waals surface area contributed by atoms with Gasteiger partial charge in [0, 0.05) is 13.1 Å². The Kier molecular flexibility index (Phi) is 5.53. The molecule has 1 aliphatic heterocycles. The first kappa shape index (κ1) is 15.3. The molecule has 21 heavy (non-hydrogen) atoms. The number of amides is 1. The molecule has 1 aliphatic rings. The maximum absolute atomic E-state index is 12.0. The summed E-state index contributed by atoms with van der Waals surface area (Å²) in [5.74, 6) is 0.0653. The minimum absolute atomic E-state index is 0.0653. The Morgan fingerprint density at radius 2 is 2.05 bits per heavy atom. The molecule has 4 heteroatoms. The number of nitriles is 1. The summed E-state index contributed by atoms with van der Waals surface area (Å²) < 4.78 is 0. The van der Waals surface area contributed by atoms with E-state index in [-0.39, 0.29) is 11.9 Å². The highest BCUT2D eigenvalue weighted by atomic mass is 16.2. The molecule has 1 aromatic carbocycles. The van der Waals surface area contributed by atoms with E-state index in [1.54, 1.807) is 0 Å². The highest BCUT2D eigenvalue weighted by molar-refractivity contribution is 5.82. The lowest BCUT2D eigenvalue weighted by atomic mass is 10.1. The van der Waals surface area contributed by atoms with Crippen LogP contribution in [0.5, 0.6) is 0 Å². The highest BCUT2D eigenvalue weighted by Gasteiger charge is 2.22. The van der Waals surface area contributed by atoms with Crippen LogP contribution in [-0.4, -0.2) is 29.9 Å². The third-order valence-electron chi connectivity index (χ3n) is 3.75. The molecule has 0 radical (unpaired) electrons. The molecule has 0 aromatic heterocycles. The third kappa shape index (κ3) is 4.44. The summed E-state index contributed by atoms with van der Waals surface area (Å²) in [5, 5.41) is 8.74. The average Bonchev–Trinajstić information content (AvgIpc) is 2.67. The maximum Gasteiger partial charge on any atom is 0.239 e. The van der Waals surface area contributed by atoms with Crippen molar-refractivity contribution in [3.8, 4) is 6.07 Å². The Labute approximate surface area is 125 Å². The quantitative estimate of drug-likeness (QED) is 0.859. The number of carbonyl (C=O) groups is 1. The van der Waals surface area contributed by atoms with Crippen molar-refractivity contribution in [1.29, 1.82) is 5.26 Å². The summed E-state index contributed by atoms with van der Waals surface area (Å²) in [5.41, 5.74) is 7.68. The van der Waals surface area contributed by atoms with Crippen LogP contribution in [0.2, 0.25) is 0 Å². The van der Waals surface area contributed by atoms with E-state index < -0.39 is 0 Å². The van der Waals surface area contributed by atoms with E-state index in [1.165, 1.54) is 0 Å². The van der Waals surface area contributed by atoms with E-state index in [0.717, 1.165) is 37.8 Å². The van der Waals surface area contributed by atoms with E-state index in [4.69, 9.17) is 11.0 Å². The fraction of sp³-hybridized carbons (Fsp3) is 0.412. The summed E-state index contributed by atoms with van der Waals surface area (Å²) in [4.78, 5) is 13.9. The van der Waals surface area contributed by atoms with Gasteiger partial charge in [-0.3, -0.25) is 4.79 Å². The zero-order valence-electron chi connectivity index (χ0n) is 12.2. The number of hydrogen-bond donors (Lipinski definition) is 1. The van der Waals surface area contributed by atoms with Crippen LogP contribution in [0.1, 0.15) is 30.4 Å². The molecule has 1 aromatic rings. The van der Waals surface area contributed by atoms with E-state index in [1.807, 2.05) is 35.2 Å². The lowest BCUT2D eigenvalue weighted by molar-refractivity contribution is -0.131. The first-order chi connectivity index (χ1) is 10.2. The van der Waals surface area contributed by atoms with Crippen LogP contribution in [0.15, 0.2) is 36.4 Å². The maximum atomic E-state index is 12.0. The van der Waals surface area contributed by atoms with E-state index in [9.17, 15) is 4.79 Å². The zero-order chi connectivity index (χ0) is 15.1. The zero-order valence-corrected chi connectivity index (χ0v) is 12.2. The number of benzene rings is 1. The molecule has 0 saturated carbocycles. The summed E-state index contributed by atoms with van der Waals surface area (Å²) in [6.45, 7) is 1.43. The molecule has 1 amide bonds. The number of allylic oxidation sites excluding steroid dienone is 1. The number of carbonyl (C=O) groups excluding carboxylic acids is 1. The third-order valence-corrected chi connectivity index (χ3v) is 3.75. The monoisotopic (exact) mass is 283 g/mol. The molecule has 4 nitrogen and oxygen atoms in total. The van der Waals surface area contributed by atoms with Crippen LogP contribution in [-0.2, 0) is 11.2 Å². The number of nitrogens with two attached hydrogens (primary N) is 1. The van der Waals surface area contributed by atoms with Gasteiger partial charge in [0.1, 0.15) is 0 Å². The van der Waals surface area contributed by atoms with Gasteiger partial charge < -0.3 is 10.6 Å². The van der Waals surface area contributed by atoms with Crippen LogP contribution < -0.4 is 5.73 Å². The molecule has 0 bridgehead atoms. The van der Waals surface area contributed by atoms with Crippen molar-refractivity contribution in [2.24, 2.45) is 5.73 Å². The lowest BCUT2D eigenvalue weighted by Gasteiger charge is -2.20. The molecule has 0 unspecified atom stereocenters. The lowest BCUT2D eigenvalue weighted by Crippen LogP contribution is -2.42. The van der Waals surface area contributed by atoms with Crippen LogP contribution in [0.3, 0.4) is 0 Å². The standard InChI is InChI=1S/C17H21N3O/c18-13-15-9-7-14(8-10-15)5-1-3-11-20-12-4-2-6-16(19)17(20)21/h1,3,7-10,16H,2,4-6,11-12,19H2/b3-1+/t16-/m0/s1. The topological polar surface area (TPSA) is 70.1 Å². The highest BCUT2D eigenvalue weighted by Crippen LogP contribution is 2.10. The molecule has 1 saturated heterocycles. The smallest absolute Gasteiger partial charge is 0.239 e. The van der Waals surface area contributed by atoms with Crippen molar-refractivity contribution < 1.29 is 4.79 Å². The van der Waals surface area contributed by atoms with E-state index in [2.05, 4.69) is 12.1 Å². The van der Waals surface area contributed by atoms with Crippen molar-refractivity contribution in [1.82, 2.24) is 4.90 Å². The largest absolute Gasteiger partial charge is 0.338 e. The molecular formula is C17H21N3O.